The van der Waals surface area contributed by atoms with Crippen LogP contribution in [0.4, 0.5) is 4.39 Å². The smallest absolute Gasteiger partial charge is 0.123 e. The second-order valence-corrected chi connectivity index (χ2v) is 4.02. The number of rotatable bonds is 2. The van der Waals surface area contributed by atoms with Crippen LogP contribution in [-0.4, -0.2) is 25.6 Å². The minimum absolute atomic E-state index is 0.189. The Morgan fingerprint density at radius 3 is 2.87 bits per heavy atom. The summed E-state index contributed by atoms with van der Waals surface area (Å²) in [5, 5.41) is 0. The van der Waals surface area contributed by atoms with E-state index in [1.807, 2.05) is 0 Å². The summed E-state index contributed by atoms with van der Waals surface area (Å²) in [7, 11) is 3.70. The topological polar surface area (TPSA) is 12.5 Å². The molecule has 0 saturated carbocycles. The molecule has 0 aromatic heterocycles. The molecule has 0 bridgehead atoms. The second kappa shape index (κ2) is 4.19. The fourth-order valence-corrected chi connectivity index (χ4v) is 2.27. The van der Waals surface area contributed by atoms with Gasteiger partial charge in [-0.05, 0) is 44.6 Å². The van der Waals surface area contributed by atoms with Crippen LogP contribution in [0.2, 0.25) is 0 Å². The summed E-state index contributed by atoms with van der Waals surface area (Å²) in [6, 6.07) is 5.04. The summed E-state index contributed by atoms with van der Waals surface area (Å²) < 4.78 is 18.5. The molecule has 1 aromatic carbocycles. The van der Waals surface area contributed by atoms with Gasteiger partial charge in [-0.1, -0.05) is 0 Å². The first kappa shape index (κ1) is 10.4. The molecular formula is C12H16FNO. The van der Waals surface area contributed by atoms with Crippen LogP contribution in [0.1, 0.15) is 24.4 Å². The lowest BCUT2D eigenvalue weighted by Gasteiger charge is -2.21. The highest BCUT2D eigenvalue weighted by atomic mass is 19.1. The van der Waals surface area contributed by atoms with E-state index in [9.17, 15) is 4.39 Å². The van der Waals surface area contributed by atoms with E-state index in [0.29, 0.717) is 6.04 Å². The summed E-state index contributed by atoms with van der Waals surface area (Å²) in [5.41, 5.74) is 0.970. The van der Waals surface area contributed by atoms with Crippen molar-refractivity contribution >= 4 is 0 Å². The minimum atomic E-state index is -0.189. The van der Waals surface area contributed by atoms with Crippen molar-refractivity contribution in [2.24, 2.45) is 0 Å². The number of hydrogen-bond acceptors (Lipinski definition) is 2. The Labute approximate surface area is 89.7 Å². The van der Waals surface area contributed by atoms with E-state index in [2.05, 4.69) is 11.9 Å². The Kier molecular flexibility index (Phi) is 2.91. The number of likely N-dealkylation sites (tertiary alicyclic amines) is 1. The Morgan fingerprint density at radius 1 is 1.47 bits per heavy atom. The van der Waals surface area contributed by atoms with Crippen molar-refractivity contribution in [2.45, 2.75) is 18.9 Å². The van der Waals surface area contributed by atoms with Crippen LogP contribution in [0, 0.1) is 5.82 Å². The van der Waals surface area contributed by atoms with E-state index < -0.39 is 0 Å². The molecule has 0 aliphatic carbocycles. The van der Waals surface area contributed by atoms with Crippen LogP contribution in [-0.2, 0) is 0 Å². The van der Waals surface area contributed by atoms with Gasteiger partial charge in [0.15, 0.2) is 0 Å². The molecule has 1 heterocycles. The van der Waals surface area contributed by atoms with Crippen molar-refractivity contribution in [1.82, 2.24) is 4.90 Å². The van der Waals surface area contributed by atoms with E-state index in [-0.39, 0.29) is 5.82 Å². The third kappa shape index (κ3) is 1.97. The van der Waals surface area contributed by atoms with Crippen LogP contribution >= 0.6 is 0 Å². The van der Waals surface area contributed by atoms with Crippen molar-refractivity contribution in [2.75, 3.05) is 20.7 Å². The number of benzene rings is 1. The molecule has 1 aromatic rings. The van der Waals surface area contributed by atoms with E-state index in [0.717, 1.165) is 24.3 Å². The van der Waals surface area contributed by atoms with E-state index >= 15 is 0 Å². The summed E-state index contributed by atoms with van der Waals surface area (Å²) in [6.45, 7) is 1.07. The van der Waals surface area contributed by atoms with E-state index in [1.54, 1.807) is 19.2 Å². The van der Waals surface area contributed by atoms with Gasteiger partial charge >= 0.3 is 0 Å². The van der Waals surface area contributed by atoms with Crippen molar-refractivity contribution in [1.29, 1.82) is 0 Å². The van der Waals surface area contributed by atoms with E-state index in [1.165, 1.54) is 12.5 Å². The van der Waals surface area contributed by atoms with Gasteiger partial charge < -0.3 is 4.74 Å². The zero-order valence-electron chi connectivity index (χ0n) is 9.16. The average Bonchev–Trinajstić information content (AvgIpc) is 2.64. The molecule has 3 heteroatoms. The van der Waals surface area contributed by atoms with Gasteiger partial charge in [-0.15, -0.1) is 0 Å². The van der Waals surface area contributed by atoms with Gasteiger partial charge in [0.1, 0.15) is 11.6 Å². The van der Waals surface area contributed by atoms with E-state index in [4.69, 9.17) is 4.74 Å². The Balaban J connectivity index is 2.36. The normalized spacial score (nSPS) is 21.9. The number of hydrogen-bond donors (Lipinski definition) is 0. The van der Waals surface area contributed by atoms with Crippen LogP contribution in [0.5, 0.6) is 5.75 Å². The minimum Gasteiger partial charge on any atom is -0.496 e. The molecule has 0 radical (unpaired) electrons. The monoisotopic (exact) mass is 209 g/mol. The SMILES string of the molecule is COc1ccc(F)cc1C1CCCN1C. The van der Waals surface area contributed by atoms with Gasteiger partial charge in [0, 0.05) is 11.6 Å². The third-order valence-corrected chi connectivity index (χ3v) is 3.07. The Hall–Kier alpha value is -1.09. The van der Waals surface area contributed by atoms with Crippen LogP contribution in [0.15, 0.2) is 18.2 Å². The fraction of sp³-hybridized carbons (Fsp3) is 0.500. The maximum atomic E-state index is 13.2. The predicted octanol–water partition coefficient (Wildman–Crippen LogP) is 2.60. The van der Waals surface area contributed by atoms with Crippen molar-refractivity contribution in [3.8, 4) is 5.75 Å². The molecule has 15 heavy (non-hydrogen) atoms. The van der Waals surface area contributed by atoms with Gasteiger partial charge in [0.25, 0.3) is 0 Å². The highest BCUT2D eigenvalue weighted by Gasteiger charge is 2.25. The third-order valence-electron chi connectivity index (χ3n) is 3.07. The molecule has 1 aliphatic rings. The van der Waals surface area contributed by atoms with Gasteiger partial charge in [0.2, 0.25) is 0 Å². The Bertz CT molecular complexity index is 353. The molecule has 2 rings (SSSR count). The standard InChI is InChI=1S/C12H16FNO/c1-14-7-3-4-11(14)10-8-9(13)5-6-12(10)15-2/h5-6,8,11H,3-4,7H2,1-2H3. The maximum Gasteiger partial charge on any atom is 0.123 e. The molecule has 82 valence electrons. The van der Waals surface area contributed by atoms with Gasteiger partial charge in [-0.3, -0.25) is 4.90 Å². The number of ether oxygens (including phenoxy) is 1. The number of methoxy groups -OCH3 is 1. The first-order valence-corrected chi connectivity index (χ1v) is 5.26. The van der Waals surface area contributed by atoms with Crippen LogP contribution in [0.25, 0.3) is 0 Å². The highest BCUT2D eigenvalue weighted by Crippen LogP contribution is 2.36. The highest BCUT2D eigenvalue weighted by molar-refractivity contribution is 5.36. The molecule has 0 spiro atoms. The zero-order chi connectivity index (χ0) is 10.8. The lowest BCUT2D eigenvalue weighted by Crippen LogP contribution is -2.18. The number of nitrogens with zero attached hydrogens (tertiary/aromatic N) is 1. The Morgan fingerprint density at radius 2 is 2.27 bits per heavy atom. The lowest BCUT2D eigenvalue weighted by molar-refractivity contribution is 0.304. The van der Waals surface area contributed by atoms with Crippen LogP contribution in [0.3, 0.4) is 0 Å². The first-order valence-electron chi connectivity index (χ1n) is 5.26. The van der Waals surface area contributed by atoms with Gasteiger partial charge in [-0.2, -0.15) is 0 Å². The zero-order valence-corrected chi connectivity index (χ0v) is 9.16. The summed E-state index contributed by atoms with van der Waals surface area (Å²) in [6.07, 6.45) is 2.25. The molecule has 1 fully saturated rings. The molecule has 1 unspecified atom stereocenters. The van der Waals surface area contributed by atoms with Crippen LogP contribution < -0.4 is 4.74 Å². The van der Waals surface area contributed by atoms with Crippen molar-refractivity contribution in [3.05, 3.63) is 29.6 Å². The quantitative estimate of drug-likeness (QED) is 0.742. The number of halogens is 1. The molecule has 0 amide bonds. The summed E-state index contributed by atoms with van der Waals surface area (Å²) in [4.78, 5) is 2.25. The molecular weight excluding hydrogens is 193 g/mol. The second-order valence-electron chi connectivity index (χ2n) is 4.02. The largest absolute Gasteiger partial charge is 0.496 e. The summed E-state index contributed by atoms with van der Waals surface area (Å²) in [5.74, 6) is 0.598. The van der Waals surface area contributed by atoms with Gasteiger partial charge in [-0.25, -0.2) is 4.39 Å². The average molecular weight is 209 g/mol. The maximum absolute atomic E-state index is 13.2. The summed E-state index contributed by atoms with van der Waals surface area (Å²) >= 11 is 0. The molecule has 1 atom stereocenters. The first-order chi connectivity index (χ1) is 7.22. The predicted molar refractivity (Wildman–Crippen MR) is 57.6 cm³/mol. The van der Waals surface area contributed by atoms with Crippen molar-refractivity contribution < 1.29 is 9.13 Å². The lowest BCUT2D eigenvalue weighted by atomic mass is 10.0. The molecule has 1 saturated heterocycles. The molecule has 1 aliphatic heterocycles. The fourth-order valence-electron chi connectivity index (χ4n) is 2.27. The van der Waals surface area contributed by atoms with Crippen molar-refractivity contribution in [3.63, 3.8) is 0 Å². The molecule has 0 N–H and O–H groups in total. The van der Waals surface area contributed by atoms with Gasteiger partial charge in [0.05, 0.1) is 7.11 Å². The molecule has 2 nitrogen and oxygen atoms in total.